The molecule has 0 aromatic heterocycles. The van der Waals surface area contributed by atoms with E-state index in [0.29, 0.717) is 12.4 Å². The number of ether oxygens (including phenoxy) is 1. The van der Waals surface area contributed by atoms with Gasteiger partial charge in [0.15, 0.2) is 0 Å². The Morgan fingerprint density at radius 2 is 2.36 bits per heavy atom. The standard InChI is InChI=1S/C8H18N2O3S/c1-6(3-11)5-14-7(4-13-2)8(12)10-9/h6-7,11H,3-5,9H2,1-2H3,(H,10,12). The predicted octanol–water partition coefficient (Wildman–Crippen LogP) is -0.647. The van der Waals surface area contributed by atoms with Gasteiger partial charge < -0.3 is 9.84 Å². The first-order chi connectivity index (χ1) is 6.65. The zero-order valence-corrected chi connectivity index (χ0v) is 9.34. The summed E-state index contributed by atoms with van der Waals surface area (Å²) < 4.78 is 4.89. The van der Waals surface area contributed by atoms with Crippen LogP contribution in [0.3, 0.4) is 0 Å². The molecule has 0 aliphatic carbocycles. The number of thioether (sulfide) groups is 1. The first kappa shape index (κ1) is 13.7. The van der Waals surface area contributed by atoms with Crippen LogP contribution in [0.2, 0.25) is 0 Å². The smallest absolute Gasteiger partial charge is 0.249 e. The van der Waals surface area contributed by atoms with Crippen LogP contribution in [-0.4, -0.2) is 42.3 Å². The number of nitrogens with two attached hydrogens (primary N) is 1. The maximum atomic E-state index is 11.2. The van der Waals surface area contributed by atoms with E-state index in [1.54, 1.807) is 0 Å². The molecule has 4 N–H and O–H groups in total. The van der Waals surface area contributed by atoms with Crippen molar-refractivity contribution in [2.24, 2.45) is 11.8 Å². The number of methoxy groups -OCH3 is 1. The lowest BCUT2D eigenvalue weighted by Crippen LogP contribution is -2.40. The Labute approximate surface area is 88.3 Å². The van der Waals surface area contributed by atoms with E-state index in [0.717, 1.165) is 0 Å². The molecule has 0 fully saturated rings. The van der Waals surface area contributed by atoms with Crippen molar-refractivity contribution in [2.45, 2.75) is 12.2 Å². The third-order valence-electron chi connectivity index (χ3n) is 1.65. The monoisotopic (exact) mass is 222 g/mol. The molecule has 1 amide bonds. The third-order valence-corrected chi connectivity index (χ3v) is 3.16. The maximum Gasteiger partial charge on any atom is 0.249 e. The molecule has 0 aliphatic rings. The van der Waals surface area contributed by atoms with Crippen LogP contribution >= 0.6 is 11.8 Å². The van der Waals surface area contributed by atoms with Crippen LogP contribution in [0.25, 0.3) is 0 Å². The number of hydrazine groups is 1. The number of carbonyl (C=O) groups excluding carboxylic acids is 1. The van der Waals surface area contributed by atoms with E-state index in [2.05, 4.69) is 5.43 Å². The van der Waals surface area contributed by atoms with Crippen molar-refractivity contribution in [3.8, 4) is 0 Å². The van der Waals surface area contributed by atoms with Gasteiger partial charge in [-0.2, -0.15) is 0 Å². The first-order valence-corrected chi connectivity index (χ1v) is 5.42. The van der Waals surface area contributed by atoms with Crippen LogP contribution in [-0.2, 0) is 9.53 Å². The topological polar surface area (TPSA) is 84.6 Å². The Kier molecular flexibility index (Phi) is 7.87. The van der Waals surface area contributed by atoms with Crippen LogP contribution in [0, 0.1) is 5.92 Å². The van der Waals surface area contributed by atoms with Gasteiger partial charge in [-0.3, -0.25) is 10.2 Å². The summed E-state index contributed by atoms with van der Waals surface area (Å²) in [5.74, 6) is 5.65. The Balaban J connectivity index is 3.90. The first-order valence-electron chi connectivity index (χ1n) is 4.37. The van der Waals surface area contributed by atoms with Gasteiger partial charge in [-0.1, -0.05) is 6.92 Å². The lowest BCUT2D eigenvalue weighted by atomic mass is 10.2. The van der Waals surface area contributed by atoms with Gasteiger partial charge in [0, 0.05) is 13.7 Å². The fraction of sp³-hybridized carbons (Fsp3) is 0.875. The lowest BCUT2D eigenvalue weighted by Gasteiger charge is -2.15. The average Bonchev–Trinajstić information content (AvgIpc) is 2.22. The van der Waals surface area contributed by atoms with E-state index >= 15 is 0 Å². The van der Waals surface area contributed by atoms with E-state index in [9.17, 15) is 4.79 Å². The Morgan fingerprint density at radius 3 is 2.79 bits per heavy atom. The lowest BCUT2D eigenvalue weighted by molar-refractivity contribution is -0.121. The molecule has 14 heavy (non-hydrogen) atoms. The van der Waals surface area contributed by atoms with Crippen molar-refractivity contribution in [1.82, 2.24) is 5.43 Å². The van der Waals surface area contributed by atoms with Gasteiger partial charge >= 0.3 is 0 Å². The van der Waals surface area contributed by atoms with Gasteiger partial charge in [-0.15, -0.1) is 11.8 Å². The van der Waals surface area contributed by atoms with E-state index in [4.69, 9.17) is 15.7 Å². The summed E-state index contributed by atoms with van der Waals surface area (Å²) in [6.07, 6.45) is 0. The second kappa shape index (κ2) is 8.05. The summed E-state index contributed by atoms with van der Waals surface area (Å²) in [5, 5.41) is 8.50. The summed E-state index contributed by atoms with van der Waals surface area (Å²) in [5.41, 5.74) is 2.09. The number of hydrogen-bond acceptors (Lipinski definition) is 5. The highest BCUT2D eigenvalue weighted by atomic mass is 32.2. The molecule has 84 valence electrons. The molecule has 0 aromatic carbocycles. The summed E-state index contributed by atoms with van der Waals surface area (Å²) in [6, 6.07) is 0. The minimum Gasteiger partial charge on any atom is -0.396 e. The molecule has 0 radical (unpaired) electrons. The summed E-state index contributed by atoms with van der Waals surface area (Å²) in [4.78, 5) is 11.2. The molecule has 0 heterocycles. The molecule has 6 heteroatoms. The highest BCUT2D eigenvalue weighted by Gasteiger charge is 2.18. The Hall–Kier alpha value is -0.300. The molecule has 0 rings (SSSR count). The number of rotatable bonds is 7. The SMILES string of the molecule is COCC(SCC(C)CO)C(=O)NN. The molecule has 5 nitrogen and oxygen atoms in total. The Bertz CT molecular complexity index is 169. The van der Waals surface area contributed by atoms with E-state index in [-0.39, 0.29) is 23.7 Å². The number of hydrogen-bond donors (Lipinski definition) is 3. The van der Waals surface area contributed by atoms with Crippen molar-refractivity contribution in [3.05, 3.63) is 0 Å². The molecule has 0 spiro atoms. The summed E-state index contributed by atoms with van der Waals surface area (Å²) in [7, 11) is 1.53. The van der Waals surface area contributed by atoms with Gasteiger partial charge in [-0.25, -0.2) is 5.84 Å². The molecule has 0 saturated carbocycles. The van der Waals surface area contributed by atoms with Crippen molar-refractivity contribution in [2.75, 3.05) is 26.1 Å². The molecule has 2 unspecified atom stereocenters. The number of carbonyl (C=O) groups is 1. The zero-order chi connectivity index (χ0) is 11.0. The highest BCUT2D eigenvalue weighted by Crippen LogP contribution is 2.15. The predicted molar refractivity (Wildman–Crippen MR) is 56.7 cm³/mol. The fourth-order valence-corrected chi connectivity index (χ4v) is 1.89. The zero-order valence-electron chi connectivity index (χ0n) is 8.53. The van der Waals surface area contributed by atoms with Crippen molar-refractivity contribution >= 4 is 17.7 Å². The quantitative estimate of drug-likeness (QED) is 0.303. The van der Waals surface area contributed by atoms with Gasteiger partial charge in [0.1, 0.15) is 5.25 Å². The van der Waals surface area contributed by atoms with Crippen molar-refractivity contribution in [3.63, 3.8) is 0 Å². The molecule has 0 saturated heterocycles. The van der Waals surface area contributed by atoms with Gasteiger partial charge in [0.05, 0.1) is 6.61 Å². The minimum absolute atomic E-state index is 0.122. The van der Waals surface area contributed by atoms with Gasteiger partial charge in [0.25, 0.3) is 0 Å². The van der Waals surface area contributed by atoms with Crippen LogP contribution in [0.5, 0.6) is 0 Å². The number of aliphatic hydroxyl groups is 1. The fourth-order valence-electron chi connectivity index (χ4n) is 0.777. The molecule has 0 aromatic rings. The van der Waals surface area contributed by atoms with Gasteiger partial charge in [0.2, 0.25) is 5.91 Å². The van der Waals surface area contributed by atoms with Crippen LogP contribution in [0.1, 0.15) is 6.92 Å². The molecular weight excluding hydrogens is 204 g/mol. The normalized spacial score (nSPS) is 14.9. The number of aliphatic hydroxyl groups excluding tert-OH is 1. The molecule has 0 aliphatic heterocycles. The average molecular weight is 222 g/mol. The summed E-state index contributed by atoms with van der Waals surface area (Å²) >= 11 is 1.43. The molecular formula is C8H18N2O3S. The van der Waals surface area contributed by atoms with Crippen LogP contribution in [0.4, 0.5) is 0 Å². The van der Waals surface area contributed by atoms with Crippen molar-refractivity contribution < 1.29 is 14.6 Å². The largest absolute Gasteiger partial charge is 0.396 e. The molecule has 2 atom stereocenters. The second-order valence-corrected chi connectivity index (χ2v) is 4.31. The minimum atomic E-state index is -0.306. The Morgan fingerprint density at radius 1 is 1.71 bits per heavy atom. The maximum absolute atomic E-state index is 11.2. The molecule has 0 bridgehead atoms. The third kappa shape index (κ3) is 5.43. The van der Waals surface area contributed by atoms with Gasteiger partial charge in [-0.05, 0) is 11.7 Å². The van der Waals surface area contributed by atoms with Crippen LogP contribution in [0.15, 0.2) is 0 Å². The van der Waals surface area contributed by atoms with E-state index in [1.807, 2.05) is 6.92 Å². The van der Waals surface area contributed by atoms with E-state index < -0.39 is 0 Å². The highest BCUT2D eigenvalue weighted by molar-refractivity contribution is 8.00. The van der Waals surface area contributed by atoms with E-state index in [1.165, 1.54) is 18.9 Å². The second-order valence-electron chi connectivity index (χ2n) is 3.07. The number of amides is 1. The summed E-state index contributed by atoms with van der Waals surface area (Å²) in [6.45, 7) is 2.36. The number of nitrogens with one attached hydrogen (secondary N) is 1. The van der Waals surface area contributed by atoms with Crippen molar-refractivity contribution in [1.29, 1.82) is 0 Å². The van der Waals surface area contributed by atoms with Crippen LogP contribution < -0.4 is 11.3 Å².